The number of allylic oxidation sites excluding steroid dienone is 2. The first-order valence-corrected chi connectivity index (χ1v) is 16.4. The fourth-order valence-corrected chi connectivity index (χ4v) is 7.29. The van der Waals surface area contributed by atoms with Gasteiger partial charge in [0.1, 0.15) is 0 Å². The van der Waals surface area contributed by atoms with E-state index in [1.165, 1.54) is 0 Å². The Labute approximate surface area is 307 Å². The van der Waals surface area contributed by atoms with E-state index >= 15 is 0 Å². The minimum atomic E-state index is 0.130. The number of imidazole rings is 1. The fourth-order valence-electron chi connectivity index (χ4n) is 7.29. The van der Waals surface area contributed by atoms with Crippen LogP contribution in [0.25, 0.3) is 77.0 Å². The van der Waals surface area contributed by atoms with Crippen LogP contribution in [0.5, 0.6) is 0 Å². The van der Waals surface area contributed by atoms with Crippen molar-refractivity contribution in [3.63, 3.8) is 0 Å². The number of rotatable bonds is 4. The summed E-state index contributed by atoms with van der Waals surface area (Å²) in [5.74, 6) is 0.490. The van der Waals surface area contributed by atoms with Gasteiger partial charge in [0.15, 0.2) is 0 Å². The molecule has 1 aromatic heterocycles. The van der Waals surface area contributed by atoms with Crippen LogP contribution in [0.2, 0.25) is 0 Å². The molecular weight excluding hydrogens is 607 g/mol. The first-order chi connectivity index (χ1) is 24.6. The number of benzene rings is 7. The SMILES string of the molecule is [B]/C(C)=C([B])/C([B])=c1/c(-c2nc3ccccc3n2-c2ccccc2)c2c([B])c([B])c([B])c([B])c2c(-c2cc3ccccc3c3ccccc23)c1=[B]. The van der Waals surface area contributed by atoms with Gasteiger partial charge in [-0.2, -0.15) is 0 Å². The summed E-state index contributed by atoms with van der Waals surface area (Å²) in [4.78, 5) is 5.20. The molecule has 0 aliphatic rings. The fraction of sp³-hybridized carbons (Fsp3) is 0.0244. The van der Waals surface area contributed by atoms with Gasteiger partial charge in [-0.15, -0.1) is 0 Å². The molecule has 0 spiro atoms. The number of aromatic nitrogens is 2. The number of para-hydroxylation sites is 3. The van der Waals surface area contributed by atoms with Crippen molar-refractivity contribution < 1.29 is 0 Å². The summed E-state index contributed by atoms with van der Waals surface area (Å²) in [6.07, 6.45) is 0. The third-order valence-electron chi connectivity index (χ3n) is 9.77. The summed E-state index contributed by atoms with van der Waals surface area (Å²) in [6, 6.07) is 36.1. The van der Waals surface area contributed by atoms with E-state index in [0.717, 1.165) is 43.8 Å². The maximum atomic E-state index is 7.46. The molecule has 0 aliphatic carbocycles. The van der Waals surface area contributed by atoms with Crippen molar-refractivity contribution >= 4 is 133 Å². The third-order valence-corrected chi connectivity index (χ3v) is 9.77. The topological polar surface area (TPSA) is 17.8 Å². The Morgan fingerprint density at radius 1 is 0.608 bits per heavy atom. The molecule has 0 unspecified atom stereocenters. The van der Waals surface area contributed by atoms with Crippen molar-refractivity contribution in [3.05, 3.63) is 130 Å². The van der Waals surface area contributed by atoms with Crippen molar-refractivity contribution in [2.75, 3.05) is 0 Å². The van der Waals surface area contributed by atoms with Crippen LogP contribution in [0.1, 0.15) is 6.92 Å². The summed E-state index contributed by atoms with van der Waals surface area (Å²) in [5.41, 5.74) is 5.60. The van der Waals surface area contributed by atoms with Gasteiger partial charge in [-0.05, 0) is 0 Å². The predicted molar refractivity (Wildman–Crippen MR) is 224 cm³/mol. The van der Waals surface area contributed by atoms with Gasteiger partial charge in [-0.25, -0.2) is 0 Å². The number of hydrogen-bond donors (Lipinski definition) is 0. The van der Waals surface area contributed by atoms with Crippen LogP contribution in [0.3, 0.4) is 0 Å². The summed E-state index contributed by atoms with van der Waals surface area (Å²) in [7, 11) is 54.9. The predicted octanol–water partition coefficient (Wildman–Crippen LogP) is 3.26. The molecule has 8 aromatic rings. The van der Waals surface area contributed by atoms with Gasteiger partial charge in [0.05, 0.1) is 0 Å². The zero-order valence-corrected chi connectivity index (χ0v) is 27.9. The first-order valence-electron chi connectivity index (χ1n) is 16.4. The van der Waals surface area contributed by atoms with E-state index in [4.69, 9.17) is 67.4 Å². The summed E-state index contributed by atoms with van der Waals surface area (Å²) in [6.45, 7) is 1.68. The molecule has 0 amide bonds. The monoisotopic (exact) mass is 629 g/mol. The van der Waals surface area contributed by atoms with Crippen molar-refractivity contribution in [1.82, 2.24) is 9.55 Å². The summed E-state index contributed by atoms with van der Waals surface area (Å²) in [5, 5.41) is 5.72. The molecule has 0 saturated heterocycles. The molecule has 0 saturated carbocycles. The first kappa shape index (κ1) is 33.1. The van der Waals surface area contributed by atoms with Crippen LogP contribution in [-0.4, -0.2) is 72.0 Å². The number of nitrogens with zero attached hydrogens (tertiary/aromatic N) is 2. The molecule has 8 rings (SSSR count). The Morgan fingerprint density at radius 2 is 1.18 bits per heavy atom. The van der Waals surface area contributed by atoms with Crippen LogP contribution < -0.4 is 27.1 Å². The van der Waals surface area contributed by atoms with Crippen molar-refractivity contribution in [1.29, 1.82) is 0 Å². The normalized spacial score (nSPS) is 12.9. The molecule has 0 bridgehead atoms. The van der Waals surface area contributed by atoms with Gasteiger partial charge in [0.25, 0.3) is 0 Å². The molecule has 0 atom stereocenters. The number of fused-ring (bicyclic) bond motifs is 5. The van der Waals surface area contributed by atoms with Gasteiger partial charge >= 0.3 is 308 Å². The molecule has 51 heavy (non-hydrogen) atoms. The third kappa shape index (κ3) is 5.06. The van der Waals surface area contributed by atoms with Crippen LogP contribution in [-0.2, 0) is 0 Å². The molecule has 10 heteroatoms. The maximum absolute atomic E-state index is 7.46. The average molecular weight is 628 g/mol. The quantitative estimate of drug-likeness (QED) is 0.217. The summed E-state index contributed by atoms with van der Waals surface area (Å²) >= 11 is 0. The Kier molecular flexibility index (Phi) is 8.18. The number of hydrogen-bond acceptors (Lipinski definition) is 1. The van der Waals surface area contributed by atoms with Crippen LogP contribution in [0, 0.1) is 5.11 Å². The molecule has 7 aromatic carbocycles. The van der Waals surface area contributed by atoms with Gasteiger partial charge in [-0.1, -0.05) is 0 Å². The van der Waals surface area contributed by atoms with Gasteiger partial charge in [0, 0.05) is 0 Å². The van der Waals surface area contributed by atoms with Crippen LogP contribution in [0.15, 0.2) is 120 Å². The van der Waals surface area contributed by atoms with E-state index in [1.807, 2.05) is 83.4 Å². The average Bonchev–Trinajstić information content (AvgIpc) is 3.54. The Bertz CT molecular complexity index is 2910. The second-order valence-electron chi connectivity index (χ2n) is 12.7. The molecule has 15 radical (unpaired) electrons. The van der Waals surface area contributed by atoms with E-state index < -0.39 is 0 Å². The summed E-state index contributed by atoms with van der Waals surface area (Å²) < 4.78 is 2.03. The van der Waals surface area contributed by atoms with E-state index in [1.54, 1.807) is 6.92 Å². The van der Waals surface area contributed by atoms with Crippen LogP contribution >= 0.6 is 0 Å². The van der Waals surface area contributed by atoms with Gasteiger partial charge in [0.2, 0.25) is 0 Å². The van der Waals surface area contributed by atoms with Gasteiger partial charge < -0.3 is 0 Å². The molecule has 2 nitrogen and oxygen atoms in total. The Hall–Kier alpha value is -5.08. The standard InChI is InChI=1S/C41H21B8N2/c1-20(42)34(43)38(47)33-32(41-50-27-17-9-10-18-28(27)51(41)22-12-3-2-4-13-22)31-30(36(45)39(48)40(49)37(31)46)29(35(33)44)26-19-21-11-5-6-14-23(21)24-15-7-8-16-25(24)26/h2-19H,1H3/b34-20-,38-33+. The Balaban J connectivity index is 1.72. The molecule has 1 heterocycles. The van der Waals surface area contributed by atoms with E-state index in [0.29, 0.717) is 43.5 Å². The van der Waals surface area contributed by atoms with Crippen LogP contribution in [0.4, 0.5) is 0 Å². The van der Waals surface area contributed by atoms with E-state index in [9.17, 15) is 0 Å². The van der Waals surface area contributed by atoms with E-state index in [-0.39, 0.29) is 32.8 Å². The molecular formula is C41H21B8N2. The zero-order valence-electron chi connectivity index (χ0n) is 27.9. The van der Waals surface area contributed by atoms with E-state index in [2.05, 4.69) is 30.3 Å². The van der Waals surface area contributed by atoms with Crippen molar-refractivity contribution in [2.24, 2.45) is 0 Å². The molecule has 0 N–H and O–H groups in total. The molecule has 219 valence electrons. The van der Waals surface area contributed by atoms with Crippen molar-refractivity contribution in [3.8, 4) is 28.2 Å². The minimum absolute atomic E-state index is 0.130. The molecule has 0 aliphatic heterocycles. The van der Waals surface area contributed by atoms with Gasteiger partial charge in [-0.3, -0.25) is 0 Å². The van der Waals surface area contributed by atoms with Crippen molar-refractivity contribution in [2.45, 2.75) is 6.92 Å². The Morgan fingerprint density at radius 3 is 1.86 bits per heavy atom. The zero-order chi connectivity index (χ0) is 35.7. The molecule has 0 fully saturated rings. The second-order valence-corrected chi connectivity index (χ2v) is 12.7. The second kappa shape index (κ2) is 12.6.